The first kappa shape index (κ1) is 13.1. The summed E-state index contributed by atoms with van der Waals surface area (Å²) >= 11 is 1.75. The fourth-order valence-electron chi connectivity index (χ4n) is 2.37. The van der Waals surface area contributed by atoms with Crippen LogP contribution in [0, 0.1) is 0 Å². The Kier molecular flexibility index (Phi) is 3.65. The number of rotatable bonds is 4. The molecule has 0 radical (unpaired) electrons. The molecule has 0 bridgehead atoms. The third-order valence-corrected chi connectivity index (χ3v) is 4.36. The van der Waals surface area contributed by atoms with Gasteiger partial charge in [0.15, 0.2) is 0 Å². The quantitative estimate of drug-likeness (QED) is 0.730. The maximum atomic E-state index is 4.47. The molecule has 0 aliphatic rings. The van der Waals surface area contributed by atoms with E-state index in [9.17, 15) is 0 Å². The number of likely N-dealkylation sites (N-methyl/N-ethyl adjacent to an activating group) is 1. The van der Waals surface area contributed by atoms with E-state index in [0.29, 0.717) is 6.04 Å². The van der Waals surface area contributed by atoms with Crippen LogP contribution < -0.4 is 4.90 Å². The van der Waals surface area contributed by atoms with Gasteiger partial charge in [-0.25, -0.2) is 9.97 Å². The summed E-state index contributed by atoms with van der Waals surface area (Å²) in [5.41, 5.74) is 2.37. The molecule has 2 heterocycles. The Labute approximate surface area is 122 Å². The summed E-state index contributed by atoms with van der Waals surface area (Å²) in [6.45, 7) is 2.23. The summed E-state index contributed by atoms with van der Waals surface area (Å²) in [5, 5.41) is 5.44. The molecule has 3 aromatic rings. The van der Waals surface area contributed by atoms with Crippen LogP contribution in [-0.2, 0) is 6.42 Å². The molecule has 4 heteroatoms. The van der Waals surface area contributed by atoms with Crippen LogP contribution in [0.1, 0.15) is 12.5 Å². The fraction of sp³-hybridized carbons (Fsp3) is 0.250. The fourth-order valence-corrected chi connectivity index (χ4v) is 3.05. The van der Waals surface area contributed by atoms with Crippen LogP contribution in [0.2, 0.25) is 0 Å². The van der Waals surface area contributed by atoms with Crippen molar-refractivity contribution in [2.45, 2.75) is 19.4 Å². The van der Waals surface area contributed by atoms with Crippen molar-refractivity contribution in [1.82, 2.24) is 9.97 Å². The predicted octanol–water partition coefficient (Wildman–Crippen LogP) is 3.76. The largest absolute Gasteiger partial charge is 0.356 e. The van der Waals surface area contributed by atoms with Gasteiger partial charge in [-0.15, -0.1) is 0 Å². The summed E-state index contributed by atoms with van der Waals surface area (Å²) in [7, 11) is 2.10. The number of hydrogen-bond acceptors (Lipinski definition) is 4. The second kappa shape index (κ2) is 5.59. The van der Waals surface area contributed by atoms with Crippen LogP contribution in [0.5, 0.6) is 0 Å². The molecule has 0 aliphatic heterocycles. The van der Waals surface area contributed by atoms with Crippen LogP contribution >= 0.6 is 11.3 Å². The lowest BCUT2D eigenvalue weighted by Crippen LogP contribution is -2.31. The molecule has 0 saturated heterocycles. The Bertz CT molecular complexity index is 689. The summed E-state index contributed by atoms with van der Waals surface area (Å²) in [5.74, 6) is 0.998. The minimum absolute atomic E-state index is 0.392. The Morgan fingerprint density at radius 3 is 2.85 bits per heavy atom. The highest BCUT2D eigenvalue weighted by Gasteiger charge is 2.15. The number of thiophene rings is 1. The van der Waals surface area contributed by atoms with Gasteiger partial charge in [0, 0.05) is 18.5 Å². The number of hydrogen-bond donors (Lipinski definition) is 0. The lowest BCUT2D eigenvalue weighted by Gasteiger charge is -2.26. The average molecular weight is 283 g/mol. The van der Waals surface area contributed by atoms with Crippen molar-refractivity contribution >= 4 is 28.1 Å². The highest BCUT2D eigenvalue weighted by molar-refractivity contribution is 7.07. The van der Waals surface area contributed by atoms with Crippen molar-refractivity contribution in [3.63, 3.8) is 0 Å². The lowest BCUT2D eigenvalue weighted by molar-refractivity contribution is 0.677. The SMILES string of the molecule is CC(Cc1ccsc1)N(C)c1ncnc2ccccc12. The zero-order chi connectivity index (χ0) is 13.9. The van der Waals surface area contributed by atoms with E-state index in [1.54, 1.807) is 17.7 Å². The maximum absolute atomic E-state index is 4.47. The van der Waals surface area contributed by atoms with Crippen molar-refractivity contribution in [2.24, 2.45) is 0 Å². The molecule has 0 fully saturated rings. The average Bonchev–Trinajstić information content (AvgIpc) is 2.99. The van der Waals surface area contributed by atoms with E-state index in [2.05, 4.69) is 51.7 Å². The van der Waals surface area contributed by atoms with Crippen molar-refractivity contribution in [2.75, 3.05) is 11.9 Å². The number of fused-ring (bicyclic) bond motifs is 1. The van der Waals surface area contributed by atoms with Gasteiger partial charge in [-0.3, -0.25) is 0 Å². The maximum Gasteiger partial charge on any atom is 0.139 e. The molecule has 0 saturated carbocycles. The number of anilines is 1. The first-order valence-electron chi connectivity index (χ1n) is 6.69. The molecule has 2 aromatic heterocycles. The zero-order valence-corrected chi connectivity index (χ0v) is 12.5. The summed E-state index contributed by atoms with van der Waals surface area (Å²) in [4.78, 5) is 11.0. The van der Waals surface area contributed by atoms with Gasteiger partial charge >= 0.3 is 0 Å². The van der Waals surface area contributed by atoms with Gasteiger partial charge in [0.2, 0.25) is 0 Å². The minimum Gasteiger partial charge on any atom is -0.356 e. The van der Waals surface area contributed by atoms with Crippen molar-refractivity contribution in [1.29, 1.82) is 0 Å². The number of para-hydroxylation sites is 1. The van der Waals surface area contributed by atoms with Gasteiger partial charge in [0.25, 0.3) is 0 Å². The van der Waals surface area contributed by atoms with E-state index >= 15 is 0 Å². The van der Waals surface area contributed by atoms with E-state index in [-0.39, 0.29) is 0 Å². The Balaban J connectivity index is 1.90. The Morgan fingerprint density at radius 1 is 1.20 bits per heavy atom. The van der Waals surface area contributed by atoms with Gasteiger partial charge in [0.05, 0.1) is 5.52 Å². The van der Waals surface area contributed by atoms with Crippen molar-refractivity contribution in [3.05, 3.63) is 53.0 Å². The Morgan fingerprint density at radius 2 is 2.05 bits per heavy atom. The van der Waals surface area contributed by atoms with E-state index in [1.807, 2.05) is 18.2 Å². The van der Waals surface area contributed by atoms with E-state index in [1.165, 1.54) is 5.56 Å². The number of aromatic nitrogens is 2. The van der Waals surface area contributed by atoms with Gasteiger partial charge < -0.3 is 4.90 Å². The van der Waals surface area contributed by atoms with Gasteiger partial charge in [-0.1, -0.05) is 12.1 Å². The molecule has 20 heavy (non-hydrogen) atoms. The van der Waals surface area contributed by atoms with E-state index < -0.39 is 0 Å². The molecule has 1 unspecified atom stereocenters. The van der Waals surface area contributed by atoms with Crippen LogP contribution in [0.15, 0.2) is 47.4 Å². The third-order valence-electron chi connectivity index (χ3n) is 3.63. The summed E-state index contributed by atoms with van der Waals surface area (Å²) in [6, 6.07) is 10.7. The standard InChI is InChI=1S/C16H17N3S/c1-12(9-13-7-8-20-10-13)19(2)16-14-5-3-4-6-15(14)17-11-18-16/h3-8,10-12H,9H2,1-2H3. The summed E-state index contributed by atoms with van der Waals surface area (Å²) in [6.07, 6.45) is 2.67. The van der Waals surface area contributed by atoms with Crippen LogP contribution in [0.25, 0.3) is 10.9 Å². The molecule has 0 aliphatic carbocycles. The molecule has 1 aromatic carbocycles. The van der Waals surface area contributed by atoms with Crippen molar-refractivity contribution in [3.8, 4) is 0 Å². The zero-order valence-electron chi connectivity index (χ0n) is 11.7. The van der Waals surface area contributed by atoms with Gasteiger partial charge in [-0.2, -0.15) is 11.3 Å². The molecule has 3 nitrogen and oxygen atoms in total. The van der Waals surface area contributed by atoms with Crippen LogP contribution in [0.3, 0.4) is 0 Å². The van der Waals surface area contributed by atoms with Gasteiger partial charge in [-0.05, 0) is 47.9 Å². The first-order valence-corrected chi connectivity index (χ1v) is 7.63. The smallest absolute Gasteiger partial charge is 0.139 e. The normalized spacial score (nSPS) is 12.5. The number of nitrogens with zero attached hydrogens (tertiary/aromatic N) is 3. The Hall–Kier alpha value is -1.94. The topological polar surface area (TPSA) is 29.0 Å². The molecule has 0 amide bonds. The predicted molar refractivity (Wildman–Crippen MR) is 85.4 cm³/mol. The second-order valence-corrected chi connectivity index (χ2v) is 5.79. The highest BCUT2D eigenvalue weighted by atomic mass is 32.1. The molecular formula is C16H17N3S. The third kappa shape index (κ3) is 2.51. The minimum atomic E-state index is 0.392. The van der Waals surface area contributed by atoms with Crippen molar-refractivity contribution < 1.29 is 0 Å². The second-order valence-electron chi connectivity index (χ2n) is 5.01. The van der Waals surface area contributed by atoms with Gasteiger partial charge in [0.1, 0.15) is 12.1 Å². The molecule has 3 rings (SSSR count). The highest BCUT2D eigenvalue weighted by Crippen LogP contribution is 2.24. The lowest BCUT2D eigenvalue weighted by atomic mass is 10.1. The van der Waals surface area contributed by atoms with E-state index in [0.717, 1.165) is 23.1 Å². The summed E-state index contributed by atoms with van der Waals surface area (Å²) < 4.78 is 0. The van der Waals surface area contributed by atoms with Crippen LogP contribution in [0.4, 0.5) is 5.82 Å². The van der Waals surface area contributed by atoms with E-state index in [4.69, 9.17) is 0 Å². The molecular weight excluding hydrogens is 266 g/mol. The monoisotopic (exact) mass is 283 g/mol. The molecule has 0 spiro atoms. The molecule has 102 valence electrons. The van der Waals surface area contributed by atoms with Crippen LogP contribution in [-0.4, -0.2) is 23.1 Å². The molecule has 1 atom stereocenters. The molecule has 0 N–H and O–H groups in total. The first-order chi connectivity index (χ1) is 9.75. The number of benzene rings is 1.